The maximum absolute atomic E-state index is 4.85. The van der Waals surface area contributed by atoms with Crippen LogP contribution >= 0.6 is 11.8 Å². The summed E-state index contributed by atoms with van der Waals surface area (Å²) in [6.45, 7) is 6.36. The number of aromatic nitrogens is 2. The van der Waals surface area contributed by atoms with Gasteiger partial charge in [0, 0.05) is 23.7 Å². The molecule has 0 amide bonds. The van der Waals surface area contributed by atoms with Crippen LogP contribution in [0.4, 0.5) is 0 Å². The van der Waals surface area contributed by atoms with Crippen molar-refractivity contribution in [2.75, 3.05) is 18.1 Å². The molecule has 3 nitrogen and oxygen atoms in total. The van der Waals surface area contributed by atoms with E-state index >= 15 is 0 Å². The van der Waals surface area contributed by atoms with Gasteiger partial charge < -0.3 is 5.32 Å². The quantitative estimate of drug-likeness (QED) is 0.918. The van der Waals surface area contributed by atoms with E-state index in [0.717, 1.165) is 19.5 Å². The predicted octanol–water partition coefficient (Wildman–Crippen LogP) is 2.94. The van der Waals surface area contributed by atoms with Gasteiger partial charge in [0.1, 0.15) is 0 Å². The van der Waals surface area contributed by atoms with Gasteiger partial charge in [-0.25, -0.2) is 0 Å². The Bertz CT molecular complexity index is 578. The van der Waals surface area contributed by atoms with Gasteiger partial charge in [0.05, 0.1) is 11.2 Å². The number of fused-ring (bicyclic) bond motifs is 1. The van der Waals surface area contributed by atoms with Gasteiger partial charge in [-0.1, -0.05) is 25.1 Å². The van der Waals surface area contributed by atoms with E-state index in [2.05, 4.69) is 59.9 Å². The summed E-state index contributed by atoms with van der Waals surface area (Å²) in [5.74, 6) is 3.21. The number of hydrogen-bond donors (Lipinski definition) is 1. The summed E-state index contributed by atoms with van der Waals surface area (Å²) in [4.78, 5) is 0. The van der Waals surface area contributed by atoms with Crippen LogP contribution in [-0.4, -0.2) is 33.9 Å². The molecular weight excluding hydrogens is 266 g/mol. The maximum atomic E-state index is 4.85. The highest BCUT2D eigenvalue weighted by Crippen LogP contribution is 2.29. The molecule has 1 aromatic heterocycles. The minimum atomic E-state index is 0.649. The number of nitrogens with zero attached hydrogens (tertiary/aromatic N) is 2. The number of para-hydroxylation sites is 1. The third-order valence-corrected chi connectivity index (χ3v) is 5.41. The van der Waals surface area contributed by atoms with Crippen molar-refractivity contribution in [3.63, 3.8) is 0 Å². The molecule has 2 aromatic rings. The molecule has 0 radical (unpaired) electrons. The minimum absolute atomic E-state index is 0.649. The fourth-order valence-corrected chi connectivity index (χ4v) is 4.56. The lowest BCUT2D eigenvalue weighted by Gasteiger charge is -2.18. The first-order chi connectivity index (χ1) is 9.83. The second-order valence-corrected chi connectivity index (χ2v) is 6.52. The highest BCUT2D eigenvalue weighted by Gasteiger charge is 2.28. The van der Waals surface area contributed by atoms with Crippen molar-refractivity contribution in [1.82, 2.24) is 15.1 Å². The summed E-state index contributed by atoms with van der Waals surface area (Å²) in [6.07, 6.45) is 1.10. The van der Waals surface area contributed by atoms with Crippen LogP contribution in [0.3, 0.4) is 0 Å². The monoisotopic (exact) mass is 289 g/mol. The predicted molar refractivity (Wildman–Crippen MR) is 87.4 cm³/mol. The molecule has 4 heteroatoms. The fourth-order valence-electron chi connectivity index (χ4n) is 3.12. The van der Waals surface area contributed by atoms with Crippen molar-refractivity contribution in [1.29, 1.82) is 0 Å². The fraction of sp³-hybridized carbons (Fsp3) is 0.562. The molecule has 1 fully saturated rings. The molecule has 0 saturated carbocycles. The van der Waals surface area contributed by atoms with Gasteiger partial charge in [0.25, 0.3) is 0 Å². The Hall–Kier alpha value is -1.00. The van der Waals surface area contributed by atoms with E-state index in [1.165, 1.54) is 28.1 Å². The van der Waals surface area contributed by atoms with Crippen LogP contribution in [0.2, 0.25) is 0 Å². The zero-order valence-corrected chi connectivity index (χ0v) is 13.1. The molecule has 2 atom stereocenters. The summed E-state index contributed by atoms with van der Waals surface area (Å²) in [5, 5.41) is 9.81. The normalized spacial score (nSPS) is 22.7. The molecule has 1 N–H and O–H groups in total. The molecule has 2 unspecified atom stereocenters. The van der Waals surface area contributed by atoms with Gasteiger partial charge in [0.15, 0.2) is 0 Å². The van der Waals surface area contributed by atoms with Crippen molar-refractivity contribution < 1.29 is 0 Å². The van der Waals surface area contributed by atoms with Gasteiger partial charge in [-0.15, -0.1) is 0 Å². The highest BCUT2D eigenvalue weighted by molar-refractivity contribution is 7.99. The molecule has 20 heavy (non-hydrogen) atoms. The summed E-state index contributed by atoms with van der Waals surface area (Å²) in [7, 11) is 0. The van der Waals surface area contributed by atoms with Crippen LogP contribution in [0.25, 0.3) is 10.9 Å². The molecule has 1 aliphatic heterocycles. The van der Waals surface area contributed by atoms with Crippen molar-refractivity contribution >= 4 is 22.7 Å². The standard InChI is InChI=1S/C16H23N3S/c1-3-17-15-11-20-10-12(15)9-14-13-7-5-6-8-16(13)19(4-2)18-14/h5-8,12,15,17H,3-4,9-11H2,1-2H3. The molecule has 0 spiro atoms. The first kappa shape index (κ1) is 14.0. The van der Waals surface area contributed by atoms with E-state index < -0.39 is 0 Å². The van der Waals surface area contributed by atoms with Gasteiger partial charge in [0.2, 0.25) is 0 Å². The molecule has 3 rings (SSSR count). The minimum Gasteiger partial charge on any atom is -0.313 e. The Labute approximate surface area is 125 Å². The lowest BCUT2D eigenvalue weighted by Crippen LogP contribution is -2.36. The van der Waals surface area contributed by atoms with Crippen LogP contribution < -0.4 is 5.32 Å². The number of rotatable bonds is 5. The number of benzene rings is 1. The Balaban J connectivity index is 1.87. The van der Waals surface area contributed by atoms with E-state index in [-0.39, 0.29) is 0 Å². The van der Waals surface area contributed by atoms with Gasteiger partial charge in [-0.05, 0) is 37.6 Å². The SMILES string of the molecule is CCNC1CSCC1Cc1nn(CC)c2ccccc12. The number of aryl methyl sites for hydroxylation is 1. The second kappa shape index (κ2) is 6.19. The van der Waals surface area contributed by atoms with Gasteiger partial charge in [-0.3, -0.25) is 4.68 Å². The molecular formula is C16H23N3S. The van der Waals surface area contributed by atoms with Gasteiger partial charge >= 0.3 is 0 Å². The second-order valence-electron chi connectivity index (χ2n) is 5.45. The lowest BCUT2D eigenvalue weighted by molar-refractivity contribution is 0.429. The molecule has 1 saturated heterocycles. The largest absolute Gasteiger partial charge is 0.313 e. The number of hydrogen-bond acceptors (Lipinski definition) is 3. The average Bonchev–Trinajstić information content (AvgIpc) is 3.05. The number of nitrogens with one attached hydrogen (secondary N) is 1. The number of thioether (sulfide) groups is 1. The molecule has 0 aliphatic carbocycles. The maximum Gasteiger partial charge on any atom is 0.0707 e. The van der Waals surface area contributed by atoms with Gasteiger partial charge in [-0.2, -0.15) is 16.9 Å². The first-order valence-electron chi connectivity index (χ1n) is 7.59. The lowest BCUT2D eigenvalue weighted by atomic mass is 9.96. The Morgan fingerprint density at radius 2 is 2.15 bits per heavy atom. The zero-order chi connectivity index (χ0) is 13.9. The molecule has 1 aliphatic rings. The summed E-state index contributed by atoms with van der Waals surface area (Å²) in [5.41, 5.74) is 2.55. The highest BCUT2D eigenvalue weighted by atomic mass is 32.2. The van der Waals surface area contributed by atoms with E-state index in [1.807, 2.05) is 0 Å². The zero-order valence-electron chi connectivity index (χ0n) is 12.3. The van der Waals surface area contributed by atoms with Crippen LogP contribution in [-0.2, 0) is 13.0 Å². The van der Waals surface area contributed by atoms with Crippen LogP contribution in [0, 0.1) is 5.92 Å². The topological polar surface area (TPSA) is 29.9 Å². The Morgan fingerprint density at radius 1 is 1.30 bits per heavy atom. The molecule has 1 aromatic carbocycles. The van der Waals surface area contributed by atoms with Crippen LogP contribution in [0.5, 0.6) is 0 Å². The summed E-state index contributed by atoms with van der Waals surface area (Å²) >= 11 is 2.07. The van der Waals surface area contributed by atoms with Crippen LogP contribution in [0.15, 0.2) is 24.3 Å². The Kier molecular flexibility index (Phi) is 4.32. The van der Waals surface area contributed by atoms with Crippen molar-refractivity contribution in [2.24, 2.45) is 5.92 Å². The van der Waals surface area contributed by atoms with E-state index in [0.29, 0.717) is 12.0 Å². The smallest absolute Gasteiger partial charge is 0.0707 e. The van der Waals surface area contributed by atoms with Crippen molar-refractivity contribution in [3.8, 4) is 0 Å². The first-order valence-corrected chi connectivity index (χ1v) is 8.74. The van der Waals surface area contributed by atoms with Crippen molar-refractivity contribution in [3.05, 3.63) is 30.0 Å². The third-order valence-electron chi connectivity index (χ3n) is 4.15. The molecule has 108 valence electrons. The summed E-state index contributed by atoms with van der Waals surface area (Å²) < 4.78 is 2.13. The molecule has 2 heterocycles. The van der Waals surface area contributed by atoms with E-state index in [9.17, 15) is 0 Å². The third kappa shape index (κ3) is 2.59. The van der Waals surface area contributed by atoms with Crippen LogP contribution in [0.1, 0.15) is 19.5 Å². The van der Waals surface area contributed by atoms with E-state index in [1.54, 1.807) is 0 Å². The average molecular weight is 289 g/mol. The Morgan fingerprint density at radius 3 is 2.95 bits per heavy atom. The van der Waals surface area contributed by atoms with Crippen molar-refractivity contribution in [2.45, 2.75) is 32.9 Å². The molecule has 0 bridgehead atoms. The van der Waals surface area contributed by atoms with E-state index in [4.69, 9.17) is 5.10 Å². The summed E-state index contributed by atoms with van der Waals surface area (Å²) in [6, 6.07) is 9.27.